The Hall–Kier alpha value is -0.120. The highest BCUT2D eigenvalue weighted by Crippen LogP contribution is 2.15. The van der Waals surface area contributed by atoms with Crippen molar-refractivity contribution >= 4 is 0 Å². The first-order chi connectivity index (χ1) is 23.8. The molecule has 0 saturated carbocycles. The van der Waals surface area contributed by atoms with Gasteiger partial charge >= 0.3 is 0 Å². The molecule has 0 aromatic rings. The van der Waals surface area contributed by atoms with Crippen molar-refractivity contribution in [2.75, 3.05) is 58.9 Å². The van der Waals surface area contributed by atoms with Crippen LogP contribution in [-0.4, -0.2) is 73.6 Å². The van der Waals surface area contributed by atoms with Gasteiger partial charge in [0.2, 0.25) is 0 Å². The highest BCUT2D eigenvalue weighted by Gasteiger charge is 2.13. The lowest BCUT2D eigenvalue weighted by Crippen LogP contribution is -2.37. The molecule has 0 radical (unpaired) electrons. The second-order valence-corrected chi connectivity index (χ2v) is 16.1. The Balaban J connectivity index is 2.41. The van der Waals surface area contributed by atoms with Gasteiger partial charge in [-0.05, 0) is 97.4 Å². The van der Waals surface area contributed by atoms with Crippen LogP contribution in [0.5, 0.6) is 0 Å². The summed E-state index contributed by atoms with van der Waals surface area (Å²) in [6.07, 6.45) is 47.5. The Kier molecular flexibility index (Phi) is 36.5. The molecule has 48 heavy (non-hydrogen) atoms. The van der Waals surface area contributed by atoms with Crippen molar-refractivity contribution in [3.8, 4) is 0 Å². The van der Waals surface area contributed by atoms with Crippen LogP contribution in [0.15, 0.2) is 0 Å². The maximum atomic E-state index is 2.86. The number of nitrogens with zero attached hydrogens (tertiary/aromatic N) is 3. The first-order valence-electron chi connectivity index (χ1n) is 23.0. The van der Waals surface area contributed by atoms with Gasteiger partial charge in [0, 0.05) is 0 Å². The number of unbranched alkanes of at least 4 members (excludes halogenated alkanes) is 27. The molecule has 0 spiro atoms. The van der Waals surface area contributed by atoms with Gasteiger partial charge in [0.05, 0.1) is 0 Å². The van der Waals surface area contributed by atoms with Crippen LogP contribution in [0, 0.1) is 0 Å². The van der Waals surface area contributed by atoms with E-state index in [1.54, 1.807) is 0 Å². The van der Waals surface area contributed by atoms with Crippen LogP contribution < -0.4 is 0 Å². The fourth-order valence-corrected chi connectivity index (χ4v) is 8.03. The third-order valence-electron chi connectivity index (χ3n) is 11.3. The van der Waals surface area contributed by atoms with E-state index >= 15 is 0 Å². The van der Waals surface area contributed by atoms with Crippen molar-refractivity contribution in [1.29, 1.82) is 0 Å². The summed E-state index contributed by atoms with van der Waals surface area (Å²) >= 11 is 0. The van der Waals surface area contributed by atoms with E-state index in [1.807, 2.05) is 0 Å². The van der Waals surface area contributed by atoms with Gasteiger partial charge < -0.3 is 14.7 Å². The minimum Gasteiger partial charge on any atom is -0.303 e. The van der Waals surface area contributed by atoms with Gasteiger partial charge in [-0.2, -0.15) is 0 Å². The molecule has 1 aliphatic heterocycles. The third kappa shape index (κ3) is 31.8. The van der Waals surface area contributed by atoms with E-state index < -0.39 is 0 Å². The topological polar surface area (TPSA) is 9.72 Å². The van der Waals surface area contributed by atoms with E-state index in [0.717, 1.165) is 0 Å². The second-order valence-electron chi connectivity index (χ2n) is 16.1. The minimum absolute atomic E-state index is 1.32. The zero-order chi connectivity index (χ0) is 34.4. The fraction of sp³-hybridized carbons (Fsp3) is 1.00. The van der Waals surface area contributed by atoms with Crippen LogP contribution >= 0.6 is 0 Å². The Morgan fingerprint density at radius 2 is 0.396 bits per heavy atom. The monoisotopic (exact) mass is 676 g/mol. The molecule has 0 amide bonds. The van der Waals surface area contributed by atoms with Crippen LogP contribution in [0.3, 0.4) is 0 Å². The molecule has 0 N–H and O–H groups in total. The molecule has 0 aliphatic carbocycles. The first kappa shape index (κ1) is 45.9. The van der Waals surface area contributed by atoms with Gasteiger partial charge in [-0.1, -0.05) is 194 Å². The smallest absolute Gasteiger partial charge is 0.000654 e. The van der Waals surface area contributed by atoms with Crippen molar-refractivity contribution in [2.45, 2.75) is 233 Å². The molecule has 0 bridgehead atoms. The molecule has 0 atom stereocenters. The van der Waals surface area contributed by atoms with Crippen LogP contribution in [0.4, 0.5) is 0 Å². The van der Waals surface area contributed by atoms with Gasteiger partial charge in [0.1, 0.15) is 0 Å². The number of rotatable bonds is 33. The molecule has 1 rings (SSSR count). The summed E-state index contributed by atoms with van der Waals surface area (Å²) in [7, 11) is 0. The molecule has 3 nitrogen and oxygen atoms in total. The van der Waals surface area contributed by atoms with E-state index in [-0.39, 0.29) is 0 Å². The van der Waals surface area contributed by atoms with E-state index in [4.69, 9.17) is 0 Å². The predicted molar refractivity (Wildman–Crippen MR) is 219 cm³/mol. The molecule has 0 aromatic carbocycles. The number of hydrogen-bond donors (Lipinski definition) is 0. The van der Waals surface area contributed by atoms with Crippen molar-refractivity contribution in [3.63, 3.8) is 0 Å². The summed E-state index contributed by atoms with van der Waals surface area (Å²) in [5.41, 5.74) is 0. The molecule has 0 aromatic heterocycles. The molecule has 1 aliphatic rings. The molecule has 288 valence electrons. The van der Waals surface area contributed by atoms with Crippen molar-refractivity contribution < 1.29 is 0 Å². The van der Waals surface area contributed by atoms with Crippen LogP contribution in [0.25, 0.3) is 0 Å². The van der Waals surface area contributed by atoms with Gasteiger partial charge in [-0.25, -0.2) is 0 Å². The second kappa shape index (κ2) is 38.1. The molecule has 1 heterocycles. The van der Waals surface area contributed by atoms with Gasteiger partial charge in [0.25, 0.3) is 0 Å². The molecule has 1 saturated heterocycles. The van der Waals surface area contributed by atoms with Crippen molar-refractivity contribution in [2.24, 2.45) is 0 Å². The lowest BCUT2D eigenvalue weighted by molar-refractivity contribution is 0.177. The van der Waals surface area contributed by atoms with Crippen LogP contribution in [0.1, 0.15) is 233 Å². The summed E-state index contributed by atoms with van der Waals surface area (Å²) in [5.74, 6) is 0. The molecular formula is C45H93N3. The SMILES string of the molecule is CCCCCCCCCCCCN1CCCN(CCCCCCCCCCCC)CCCN(CCCCCCCCCCCC)CCC1. The molecular weight excluding hydrogens is 583 g/mol. The normalized spacial score (nSPS) is 16.3. The third-order valence-corrected chi connectivity index (χ3v) is 11.3. The lowest BCUT2D eigenvalue weighted by Gasteiger charge is -2.30. The summed E-state index contributed by atoms with van der Waals surface area (Å²) in [5, 5.41) is 0. The van der Waals surface area contributed by atoms with Gasteiger partial charge in [0.15, 0.2) is 0 Å². The first-order valence-corrected chi connectivity index (χ1v) is 23.0. The quantitative estimate of drug-likeness (QED) is 0.0641. The zero-order valence-corrected chi connectivity index (χ0v) is 34.0. The van der Waals surface area contributed by atoms with Crippen LogP contribution in [-0.2, 0) is 0 Å². The highest BCUT2D eigenvalue weighted by atomic mass is 15.2. The average Bonchev–Trinajstić information content (AvgIpc) is 3.09. The Bertz CT molecular complexity index is 502. The fourth-order valence-electron chi connectivity index (χ4n) is 8.03. The summed E-state index contributed by atoms with van der Waals surface area (Å²) in [6.45, 7) is 18.9. The van der Waals surface area contributed by atoms with Crippen molar-refractivity contribution in [1.82, 2.24) is 14.7 Å². The largest absolute Gasteiger partial charge is 0.303 e. The Morgan fingerprint density at radius 1 is 0.229 bits per heavy atom. The summed E-state index contributed by atoms with van der Waals surface area (Å²) in [4.78, 5) is 8.59. The minimum atomic E-state index is 1.32. The Labute approximate surface area is 305 Å². The summed E-state index contributed by atoms with van der Waals surface area (Å²) < 4.78 is 0. The molecule has 1 fully saturated rings. The number of hydrogen-bond acceptors (Lipinski definition) is 3. The van der Waals surface area contributed by atoms with E-state index in [9.17, 15) is 0 Å². The lowest BCUT2D eigenvalue weighted by atomic mass is 10.1. The van der Waals surface area contributed by atoms with E-state index in [2.05, 4.69) is 35.5 Å². The zero-order valence-electron chi connectivity index (χ0n) is 34.0. The predicted octanol–water partition coefficient (Wildman–Crippen LogP) is 13.8. The maximum absolute atomic E-state index is 2.86. The van der Waals surface area contributed by atoms with Gasteiger partial charge in [-0.15, -0.1) is 0 Å². The van der Waals surface area contributed by atoms with E-state index in [0.29, 0.717) is 0 Å². The van der Waals surface area contributed by atoms with Gasteiger partial charge in [-0.3, -0.25) is 0 Å². The maximum Gasteiger partial charge on any atom is -0.000654 e. The highest BCUT2D eigenvalue weighted by molar-refractivity contribution is 4.69. The summed E-state index contributed by atoms with van der Waals surface area (Å²) in [6, 6.07) is 0. The van der Waals surface area contributed by atoms with E-state index in [1.165, 1.54) is 271 Å². The van der Waals surface area contributed by atoms with Crippen LogP contribution in [0.2, 0.25) is 0 Å². The standard InChI is InChI=1S/C45H93N3/c1-4-7-10-13-16-19-22-25-28-31-37-46-40-34-42-47(38-32-29-26-23-20-17-14-11-8-5-2)44-36-45-48(43-35-41-46)39-33-30-27-24-21-18-15-12-9-6-3/h4-45H2,1-3H3. The molecule has 0 unspecified atom stereocenters. The van der Waals surface area contributed by atoms with Crippen molar-refractivity contribution in [3.05, 3.63) is 0 Å². The Morgan fingerprint density at radius 3 is 0.583 bits per heavy atom. The average molecular weight is 676 g/mol. The molecule has 3 heteroatoms.